The highest BCUT2D eigenvalue weighted by Crippen LogP contribution is 2.41. The monoisotopic (exact) mass is 329 g/mol. The molecular weight excluding hydrogens is 306 g/mol. The van der Waals surface area contributed by atoms with Crippen LogP contribution < -0.4 is 14.8 Å². The molecule has 0 aliphatic rings. The molecule has 0 saturated heterocycles. The normalized spacial score (nSPS) is 14.0. The first kappa shape index (κ1) is 16.3. The molecule has 19 heavy (non-hydrogen) atoms. The molecule has 1 rings (SSSR count). The molecule has 1 aromatic carbocycles. The Bertz CT molecular complexity index is 409. The van der Waals surface area contributed by atoms with E-state index in [0.29, 0.717) is 5.92 Å². The quantitative estimate of drug-likeness (QED) is 0.814. The van der Waals surface area contributed by atoms with Crippen LogP contribution in [0.3, 0.4) is 0 Å². The summed E-state index contributed by atoms with van der Waals surface area (Å²) in [7, 11) is 3.36. The molecule has 4 heteroatoms. The molecule has 0 amide bonds. The third-order valence-electron chi connectivity index (χ3n) is 3.49. The molecule has 3 nitrogen and oxygen atoms in total. The highest BCUT2D eigenvalue weighted by Gasteiger charge is 2.23. The van der Waals surface area contributed by atoms with E-state index in [-0.39, 0.29) is 6.04 Å². The molecule has 0 aromatic heterocycles. The summed E-state index contributed by atoms with van der Waals surface area (Å²) in [5, 5.41) is 3.55. The van der Waals surface area contributed by atoms with Crippen molar-refractivity contribution in [3.05, 3.63) is 22.2 Å². The summed E-state index contributed by atoms with van der Waals surface area (Å²) in [4.78, 5) is 0. The highest BCUT2D eigenvalue weighted by molar-refractivity contribution is 9.10. The molecule has 1 N–H and O–H groups in total. The Morgan fingerprint density at radius 1 is 1.21 bits per heavy atom. The lowest BCUT2D eigenvalue weighted by atomic mass is 9.91. The SMILES string of the molecule is CCNC(c1ccc(OC)c(Br)c1OC)C(C)CC. The van der Waals surface area contributed by atoms with Crippen LogP contribution in [0, 0.1) is 5.92 Å². The fourth-order valence-electron chi connectivity index (χ4n) is 2.24. The van der Waals surface area contributed by atoms with Crippen molar-refractivity contribution in [1.82, 2.24) is 5.32 Å². The van der Waals surface area contributed by atoms with E-state index in [2.05, 4.69) is 48.1 Å². The standard InChI is InChI=1S/C15H24BrNO2/c1-6-10(3)14(17-7-2)11-8-9-12(18-4)13(16)15(11)19-5/h8-10,14,17H,6-7H2,1-5H3. The van der Waals surface area contributed by atoms with Crippen molar-refractivity contribution in [2.75, 3.05) is 20.8 Å². The van der Waals surface area contributed by atoms with Crippen LogP contribution in [0.5, 0.6) is 11.5 Å². The van der Waals surface area contributed by atoms with Gasteiger partial charge in [0, 0.05) is 11.6 Å². The minimum absolute atomic E-state index is 0.284. The van der Waals surface area contributed by atoms with Gasteiger partial charge >= 0.3 is 0 Å². The zero-order chi connectivity index (χ0) is 14.4. The number of hydrogen-bond acceptors (Lipinski definition) is 3. The van der Waals surface area contributed by atoms with Crippen LogP contribution >= 0.6 is 15.9 Å². The summed E-state index contributed by atoms with van der Waals surface area (Å²) in [6, 6.07) is 4.35. The third-order valence-corrected chi connectivity index (χ3v) is 4.24. The van der Waals surface area contributed by atoms with Crippen LogP contribution in [0.2, 0.25) is 0 Å². The maximum atomic E-state index is 5.57. The Labute approximate surface area is 124 Å². The summed E-state index contributed by atoms with van der Waals surface area (Å²) >= 11 is 3.57. The first-order valence-corrected chi connectivity index (χ1v) is 7.53. The van der Waals surface area contributed by atoms with Gasteiger partial charge in [-0.2, -0.15) is 0 Å². The molecule has 2 atom stereocenters. The Balaban J connectivity index is 3.26. The number of rotatable bonds is 7. The number of benzene rings is 1. The molecule has 0 spiro atoms. The zero-order valence-electron chi connectivity index (χ0n) is 12.4. The first-order valence-electron chi connectivity index (χ1n) is 6.74. The Hall–Kier alpha value is -0.740. The van der Waals surface area contributed by atoms with E-state index < -0.39 is 0 Å². The van der Waals surface area contributed by atoms with Gasteiger partial charge in [0.2, 0.25) is 0 Å². The van der Waals surface area contributed by atoms with Crippen LogP contribution in [0.4, 0.5) is 0 Å². The molecule has 0 aliphatic heterocycles. The van der Waals surface area contributed by atoms with E-state index in [1.165, 1.54) is 5.56 Å². The van der Waals surface area contributed by atoms with Gasteiger partial charge in [0.1, 0.15) is 16.0 Å². The Morgan fingerprint density at radius 3 is 2.37 bits per heavy atom. The van der Waals surface area contributed by atoms with Crippen LogP contribution in [0.25, 0.3) is 0 Å². The van der Waals surface area contributed by atoms with Gasteiger partial charge in [-0.1, -0.05) is 27.2 Å². The lowest BCUT2D eigenvalue weighted by Crippen LogP contribution is -2.27. The molecule has 0 heterocycles. The largest absolute Gasteiger partial charge is 0.495 e. The lowest BCUT2D eigenvalue weighted by Gasteiger charge is -2.27. The zero-order valence-corrected chi connectivity index (χ0v) is 14.0. The van der Waals surface area contributed by atoms with Gasteiger partial charge in [0.05, 0.1) is 14.2 Å². The van der Waals surface area contributed by atoms with E-state index >= 15 is 0 Å². The number of methoxy groups -OCH3 is 2. The molecule has 108 valence electrons. The Morgan fingerprint density at radius 2 is 1.89 bits per heavy atom. The molecular formula is C15H24BrNO2. The second-order valence-corrected chi connectivity index (χ2v) is 5.42. The van der Waals surface area contributed by atoms with Gasteiger partial charge in [-0.25, -0.2) is 0 Å². The second-order valence-electron chi connectivity index (χ2n) is 4.63. The van der Waals surface area contributed by atoms with Gasteiger partial charge in [0.15, 0.2) is 0 Å². The molecule has 0 radical (unpaired) electrons. The van der Waals surface area contributed by atoms with Crippen molar-refractivity contribution >= 4 is 15.9 Å². The van der Waals surface area contributed by atoms with Crippen molar-refractivity contribution in [2.45, 2.75) is 33.2 Å². The minimum atomic E-state index is 0.284. The summed E-state index contributed by atoms with van der Waals surface area (Å²) in [6.45, 7) is 7.52. The molecule has 1 aromatic rings. The summed E-state index contributed by atoms with van der Waals surface area (Å²) < 4.78 is 11.8. The van der Waals surface area contributed by atoms with Gasteiger partial charge in [-0.05, 0) is 40.5 Å². The number of halogens is 1. The van der Waals surface area contributed by atoms with Gasteiger partial charge in [-0.3, -0.25) is 0 Å². The van der Waals surface area contributed by atoms with Gasteiger partial charge < -0.3 is 14.8 Å². The number of nitrogens with one attached hydrogen (secondary N) is 1. The second kappa shape index (κ2) is 7.75. The topological polar surface area (TPSA) is 30.5 Å². The smallest absolute Gasteiger partial charge is 0.141 e. The average molecular weight is 330 g/mol. The van der Waals surface area contributed by atoms with Crippen LogP contribution in [-0.2, 0) is 0 Å². The predicted molar refractivity (Wildman–Crippen MR) is 83.1 cm³/mol. The predicted octanol–water partition coefficient (Wildman–Crippen LogP) is 4.16. The first-order chi connectivity index (χ1) is 9.10. The minimum Gasteiger partial charge on any atom is -0.495 e. The summed E-state index contributed by atoms with van der Waals surface area (Å²) in [6.07, 6.45) is 1.12. The van der Waals surface area contributed by atoms with Crippen molar-refractivity contribution < 1.29 is 9.47 Å². The van der Waals surface area contributed by atoms with Crippen molar-refractivity contribution in [1.29, 1.82) is 0 Å². The van der Waals surface area contributed by atoms with Crippen LogP contribution in [0.15, 0.2) is 16.6 Å². The molecule has 0 aliphatic carbocycles. The third kappa shape index (κ3) is 3.63. The lowest BCUT2D eigenvalue weighted by molar-refractivity contribution is 0.349. The van der Waals surface area contributed by atoms with Gasteiger partial charge in [-0.15, -0.1) is 0 Å². The molecule has 0 saturated carbocycles. The van der Waals surface area contributed by atoms with Crippen molar-refractivity contribution in [2.24, 2.45) is 5.92 Å². The van der Waals surface area contributed by atoms with E-state index in [0.717, 1.165) is 28.9 Å². The Kier molecular flexibility index (Phi) is 6.66. The fourth-order valence-corrected chi connectivity index (χ4v) is 2.92. The van der Waals surface area contributed by atoms with E-state index in [4.69, 9.17) is 9.47 Å². The maximum Gasteiger partial charge on any atom is 0.141 e. The van der Waals surface area contributed by atoms with E-state index in [9.17, 15) is 0 Å². The molecule has 0 bridgehead atoms. The summed E-state index contributed by atoms with van der Waals surface area (Å²) in [5.74, 6) is 2.18. The van der Waals surface area contributed by atoms with E-state index in [1.54, 1.807) is 14.2 Å². The van der Waals surface area contributed by atoms with Crippen LogP contribution in [0.1, 0.15) is 38.8 Å². The fraction of sp³-hybridized carbons (Fsp3) is 0.600. The number of hydrogen-bond donors (Lipinski definition) is 1. The van der Waals surface area contributed by atoms with Gasteiger partial charge in [0.25, 0.3) is 0 Å². The van der Waals surface area contributed by atoms with Crippen molar-refractivity contribution in [3.8, 4) is 11.5 Å². The number of ether oxygens (including phenoxy) is 2. The molecule has 2 unspecified atom stereocenters. The highest BCUT2D eigenvalue weighted by atomic mass is 79.9. The van der Waals surface area contributed by atoms with Crippen LogP contribution in [-0.4, -0.2) is 20.8 Å². The van der Waals surface area contributed by atoms with E-state index in [1.807, 2.05) is 6.07 Å². The molecule has 0 fully saturated rings. The maximum absolute atomic E-state index is 5.57. The summed E-state index contributed by atoms with van der Waals surface area (Å²) in [5.41, 5.74) is 1.17. The van der Waals surface area contributed by atoms with Crippen molar-refractivity contribution in [3.63, 3.8) is 0 Å². The average Bonchev–Trinajstić information content (AvgIpc) is 2.43.